The minimum atomic E-state index is -0.120. The molecule has 21 heavy (non-hydrogen) atoms. The van der Waals surface area contributed by atoms with Gasteiger partial charge in [0.15, 0.2) is 0 Å². The summed E-state index contributed by atoms with van der Waals surface area (Å²) in [7, 11) is 2.10. The van der Waals surface area contributed by atoms with Gasteiger partial charge >= 0.3 is 0 Å². The van der Waals surface area contributed by atoms with Gasteiger partial charge in [-0.05, 0) is 19.8 Å². The van der Waals surface area contributed by atoms with E-state index in [1.807, 2.05) is 6.92 Å². The first-order valence-corrected chi connectivity index (χ1v) is 7.51. The Kier molecular flexibility index (Phi) is 4.68. The minimum absolute atomic E-state index is 0.120. The van der Waals surface area contributed by atoms with Crippen molar-refractivity contribution >= 4 is 11.6 Å². The van der Waals surface area contributed by atoms with Gasteiger partial charge in [-0.25, -0.2) is 15.8 Å². The van der Waals surface area contributed by atoms with Crippen molar-refractivity contribution < 1.29 is 4.74 Å². The molecule has 1 aliphatic rings. The third-order valence-electron chi connectivity index (χ3n) is 4.00. The maximum absolute atomic E-state index is 5.63. The molecule has 0 radical (unpaired) electrons. The standard InChI is InChI=1S/C15H27N5O/c1-10-12(19-16)17-14(15(2,3)4)18-13(10)20(5)11-6-8-21-9-7-11/h11H,6-9,16H2,1-5H3,(H,17,18,19). The molecule has 0 unspecified atom stereocenters. The highest BCUT2D eigenvalue weighted by Crippen LogP contribution is 2.29. The highest BCUT2D eigenvalue weighted by atomic mass is 16.5. The Morgan fingerprint density at radius 3 is 2.38 bits per heavy atom. The van der Waals surface area contributed by atoms with Crippen LogP contribution in [0.15, 0.2) is 0 Å². The van der Waals surface area contributed by atoms with Gasteiger partial charge in [-0.2, -0.15) is 0 Å². The third kappa shape index (κ3) is 3.44. The second kappa shape index (κ2) is 6.15. The summed E-state index contributed by atoms with van der Waals surface area (Å²) in [4.78, 5) is 11.6. The number of nitrogens with zero attached hydrogens (tertiary/aromatic N) is 3. The molecule has 0 spiro atoms. The van der Waals surface area contributed by atoms with Gasteiger partial charge in [0.1, 0.15) is 17.5 Å². The van der Waals surface area contributed by atoms with Crippen LogP contribution in [0.1, 0.15) is 45.0 Å². The molecule has 0 bridgehead atoms. The molecular weight excluding hydrogens is 266 g/mol. The van der Waals surface area contributed by atoms with Crippen LogP contribution in [0.25, 0.3) is 0 Å². The predicted octanol–water partition coefficient (Wildman–Crippen LogP) is 1.98. The molecule has 1 fully saturated rings. The Hall–Kier alpha value is -1.40. The summed E-state index contributed by atoms with van der Waals surface area (Å²) in [6, 6.07) is 0.450. The van der Waals surface area contributed by atoms with Crippen molar-refractivity contribution in [2.75, 3.05) is 30.6 Å². The van der Waals surface area contributed by atoms with E-state index in [0.717, 1.165) is 43.3 Å². The molecule has 3 N–H and O–H groups in total. The van der Waals surface area contributed by atoms with Gasteiger partial charge in [0, 0.05) is 37.3 Å². The highest BCUT2D eigenvalue weighted by molar-refractivity contribution is 5.58. The number of nitrogens with two attached hydrogens (primary N) is 1. The highest BCUT2D eigenvalue weighted by Gasteiger charge is 2.26. The summed E-state index contributed by atoms with van der Waals surface area (Å²) in [5.41, 5.74) is 3.57. The first-order chi connectivity index (χ1) is 9.84. The SMILES string of the molecule is Cc1c(NN)nc(C(C)(C)C)nc1N(C)C1CCOCC1. The number of aromatic nitrogens is 2. The Morgan fingerprint density at radius 1 is 1.24 bits per heavy atom. The van der Waals surface area contributed by atoms with E-state index in [-0.39, 0.29) is 5.41 Å². The van der Waals surface area contributed by atoms with Gasteiger partial charge in [0.05, 0.1) is 0 Å². The summed E-state index contributed by atoms with van der Waals surface area (Å²) < 4.78 is 5.45. The number of anilines is 2. The second-order valence-electron chi connectivity index (χ2n) is 6.69. The largest absolute Gasteiger partial charge is 0.381 e. The fourth-order valence-electron chi connectivity index (χ4n) is 2.57. The van der Waals surface area contributed by atoms with Crippen LogP contribution in [0, 0.1) is 6.92 Å². The lowest BCUT2D eigenvalue weighted by Gasteiger charge is -2.34. The zero-order chi connectivity index (χ0) is 15.6. The van der Waals surface area contributed by atoms with Crippen LogP contribution < -0.4 is 16.2 Å². The smallest absolute Gasteiger partial charge is 0.148 e. The number of hydrogen-bond acceptors (Lipinski definition) is 6. The van der Waals surface area contributed by atoms with Crippen molar-refractivity contribution in [1.82, 2.24) is 9.97 Å². The van der Waals surface area contributed by atoms with E-state index in [2.05, 4.69) is 43.1 Å². The lowest BCUT2D eigenvalue weighted by atomic mass is 9.95. The lowest BCUT2D eigenvalue weighted by Crippen LogP contribution is -2.38. The van der Waals surface area contributed by atoms with Crippen LogP contribution in [0.3, 0.4) is 0 Å². The first-order valence-electron chi connectivity index (χ1n) is 7.51. The van der Waals surface area contributed by atoms with Crippen LogP contribution >= 0.6 is 0 Å². The minimum Gasteiger partial charge on any atom is -0.381 e. The molecule has 1 aliphatic heterocycles. The molecule has 2 heterocycles. The summed E-state index contributed by atoms with van der Waals surface area (Å²) in [5, 5.41) is 0. The maximum Gasteiger partial charge on any atom is 0.148 e. The van der Waals surface area contributed by atoms with Crippen LogP contribution in [0.5, 0.6) is 0 Å². The van der Waals surface area contributed by atoms with Crippen molar-refractivity contribution in [2.45, 2.75) is 52.0 Å². The number of nitrogen functional groups attached to an aromatic ring is 1. The van der Waals surface area contributed by atoms with E-state index in [4.69, 9.17) is 15.6 Å². The zero-order valence-electron chi connectivity index (χ0n) is 13.7. The summed E-state index contributed by atoms with van der Waals surface area (Å²) in [6.07, 6.45) is 2.05. The molecule has 1 aromatic rings. The van der Waals surface area contributed by atoms with Crippen molar-refractivity contribution in [2.24, 2.45) is 5.84 Å². The number of hydrazine groups is 1. The van der Waals surface area contributed by atoms with Gasteiger partial charge in [-0.15, -0.1) is 0 Å². The Balaban J connectivity index is 2.40. The molecule has 6 nitrogen and oxygen atoms in total. The number of hydrogen-bond donors (Lipinski definition) is 2. The molecule has 0 atom stereocenters. The normalized spacial score (nSPS) is 16.9. The number of ether oxygens (including phenoxy) is 1. The van der Waals surface area contributed by atoms with E-state index in [1.165, 1.54) is 0 Å². The molecule has 2 rings (SSSR count). The molecule has 6 heteroatoms. The monoisotopic (exact) mass is 293 g/mol. The Morgan fingerprint density at radius 2 is 1.86 bits per heavy atom. The van der Waals surface area contributed by atoms with Gasteiger partial charge in [-0.1, -0.05) is 20.8 Å². The summed E-state index contributed by atoms with van der Waals surface area (Å²) in [5.74, 6) is 8.08. The van der Waals surface area contributed by atoms with Crippen molar-refractivity contribution in [3.05, 3.63) is 11.4 Å². The summed E-state index contributed by atoms with van der Waals surface area (Å²) >= 11 is 0. The van der Waals surface area contributed by atoms with Crippen LogP contribution in [0.4, 0.5) is 11.6 Å². The molecule has 1 saturated heterocycles. The van der Waals surface area contributed by atoms with Gasteiger partial charge < -0.3 is 15.1 Å². The molecule has 0 aliphatic carbocycles. The van der Waals surface area contributed by atoms with E-state index in [9.17, 15) is 0 Å². The molecule has 1 aromatic heterocycles. The van der Waals surface area contributed by atoms with Crippen molar-refractivity contribution in [1.29, 1.82) is 0 Å². The van der Waals surface area contributed by atoms with Crippen LogP contribution in [-0.2, 0) is 10.2 Å². The topological polar surface area (TPSA) is 76.3 Å². The molecule has 0 aromatic carbocycles. The van der Waals surface area contributed by atoms with E-state index < -0.39 is 0 Å². The number of nitrogens with one attached hydrogen (secondary N) is 1. The quantitative estimate of drug-likeness (QED) is 0.655. The fraction of sp³-hybridized carbons (Fsp3) is 0.733. The molecule has 0 saturated carbocycles. The van der Waals surface area contributed by atoms with Gasteiger partial charge in [0.25, 0.3) is 0 Å². The van der Waals surface area contributed by atoms with Crippen molar-refractivity contribution in [3.63, 3.8) is 0 Å². The fourth-order valence-corrected chi connectivity index (χ4v) is 2.57. The average Bonchev–Trinajstić information content (AvgIpc) is 2.46. The second-order valence-corrected chi connectivity index (χ2v) is 6.69. The number of rotatable bonds is 3. The van der Waals surface area contributed by atoms with Crippen LogP contribution in [0.2, 0.25) is 0 Å². The maximum atomic E-state index is 5.63. The van der Waals surface area contributed by atoms with Crippen LogP contribution in [-0.4, -0.2) is 36.3 Å². The molecule has 0 amide bonds. The third-order valence-corrected chi connectivity index (χ3v) is 4.00. The van der Waals surface area contributed by atoms with Gasteiger partial charge in [-0.3, -0.25) is 0 Å². The summed E-state index contributed by atoms with van der Waals surface area (Å²) in [6.45, 7) is 9.95. The Labute approximate surface area is 127 Å². The first kappa shape index (κ1) is 16.0. The molecular formula is C15H27N5O. The van der Waals surface area contributed by atoms with Gasteiger partial charge in [0.2, 0.25) is 0 Å². The van der Waals surface area contributed by atoms with E-state index >= 15 is 0 Å². The lowest BCUT2D eigenvalue weighted by molar-refractivity contribution is 0.0853. The predicted molar refractivity (Wildman–Crippen MR) is 85.5 cm³/mol. The van der Waals surface area contributed by atoms with E-state index in [1.54, 1.807) is 0 Å². The zero-order valence-corrected chi connectivity index (χ0v) is 13.7. The Bertz CT molecular complexity index is 492. The van der Waals surface area contributed by atoms with E-state index in [0.29, 0.717) is 11.9 Å². The average molecular weight is 293 g/mol. The molecule has 118 valence electrons. The van der Waals surface area contributed by atoms with Crippen molar-refractivity contribution in [3.8, 4) is 0 Å².